The zero-order valence-electron chi connectivity index (χ0n) is 40.6. The van der Waals surface area contributed by atoms with Crippen molar-refractivity contribution in [2.45, 2.75) is 213 Å². The Morgan fingerprint density at radius 1 is 0.500 bits per heavy atom. The molecule has 62 heavy (non-hydrogen) atoms. The molecule has 2 atom stereocenters. The lowest BCUT2D eigenvalue weighted by atomic mass is 10.0. The lowest BCUT2D eigenvalue weighted by Gasteiger charge is -2.24. The number of likely N-dealkylation sites (N-methyl/N-ethyl adjacent to an activating group) is 1. The highest BCUT2D eigenvalue weighted by molar-refractivity contribution is 7.47. The summed E-state index contributed by atoms with van der Waals surface area (Å²) in [7, 11) is 1.45. The third-order valence-corrected chi connectivity index (χ3v) is 11.5. The van der Waals surface area contributed by atoms with E-state index in [-0.39, 0.29) is 32.0 Å². The molecule has 10 heteroatoms. The van der Waals surface area contributed by atoms with E-state index in [2.05, 4.69) is 74.6 Å². The molecule has 0 aliphatic rings. The topological polar surface area (TPSA) is 108 Å². The van der Waals surface area contributed by atoms with Gasteiger partial charge in [0.15, 0.2) is 6.10 Å². The van der Waals surface area contributed by atoms with Crippen molar-refractivity contribution >= 4 is 19.8 Å². The van der Waals surface area contributed by atoms with Crippen LogP contribution in [0.1, 0.15) is 206 Å². The Morgan fingerprint density at radius 2 is 0.903 bits per heavy atom. The summed E-state index contributed by atoms with van der Waals surface area (Å²) >= 11 is 0. The van der Waals surface area contributed by atoms with E-state index in [0.29, 0.717) is 17.4 Å². The van der Waals surface area contributed by atoms with Gasteiger partial charge in [-0.3, -0.25) is 18.6 Å². The van der Waals surface area contributed by atoms with Crippen LogP contribution < -0.4 is 0 Å². The maximum Gasteiger partial charge on any atom is 0.472 e. The van der Waals surface area contributed by atoms with E-state index in [1.807, 2.05) is 21.1 Å². The van der Waals surface area contributed by atoms with E-state index in [1.54, 1.807) is 0 Å². The minimum atomic E-state index is -4.39. The summed E-state index contributed by atoms with van der Waals surface area (Å²) in [5.74, 6) is -0.834. The number of rotatable bonds is 45. The standard InChI is InChI=1S/C52H94NO8P/c1-6-8-10-12-14-16-18-20-22-24-25-26-27-29-30-32-34-36-38-40-42-44-51(54)58-48-50(49-60-62(56,57)59-47-46-53(3,4)5)61-52(55)45-43-41-39-37-35-33-31-28-23-21-19-17-15-13-11-9-7-2/h11,13,17,19-20,22-23,28,33,35,50H,6-10,12,14-16,18,21,24-27,29-32,34,36-49H2,1-5H3/p+1/b13-11+,19-17+,22-20+,28-23+,35-33+/t50-/m1/s1. The van der Waals surface area contributed by atoms with Crippen LogP contribution in [-0.2, 0) is 32.7 Å². The summed E-state index contributed by atoms with van der Waals surface area (Å²) in [5.41, 5.74) is 0. The molecule has 1 N–H and O–H groups in total. The Labute approximate surface area is 381 Å². The molecule has 0 aromatic heterocycles. The van der Waals surface area contributed by atoms with Crippen LogP contribution >= 0.6 is 7.82 Å². The third kappa shape index (κ3) is 47.2. The number of quaternary nitrogens is 1. The van der Waals surface area contributed by atoms with Gasteiger partial charge in [0.1, 0.15) is 19.8 Å². The van der Waals surface area contributed by atoms with E-state index in [4.69, 9.17) is 18.5 Å². The van der Waals surface area contributed by atoms with Gasteiger partial charge >= 0.3 is 19.8 Å². The van der Waals surface area contributed by atoms with Gasteiger partial charge in [-0.1, -0.05) is 177 Å². The number of phosphoric ester groups is 1. The molecule has 0 spiro atoms. The first-order chi connectivity index (χ1) is 30.0. The smallest absolute Gasteiger partial charge is 0.462 e. The summed E-state index contributed by atoms with van der Waals surface area (Å²) in [4.78, 5) is 35.5. The van der Waals surface area contributed by atoms with Gasteiger partial charge in [0.25, 0.3) is 0 Å². The van der Waals surface area contributed by atoms with Crippen LogP contribution in [0, 0.1) is 0 Å². The fourth-order valence-electron chi connectivity index (χ4n) is 6.59. The Bertz CT molecular complexity index is 1240. The van der Waals surface area contributed by atoms with Crippen molar-refractivity contribution < 1.29 is 42.1 Å². The van der Waals surface area contributed by atoms with E-state index in [0.717, 1.165) is 64.2 Å². The maximum absolute atomic E-state index is 12.7. The number of unbranched alkanes of at least 4 members (excludes halogenated alkanes) is 21. The summed E-state index contributed by atoms with van der Waals surface area (Å²) in [6.07, 6.45) is 54.1. The fraction of sp³-hybridized carbons (Fsp3) is 0.769. The Kier molecular flexibility index (Phi) is 42.3. The van der Waals surface area contributed by atoms with Gasteiger partial charge in [0, 0.05) is 12.8 Å². The van der Waals surface area contributed by atoms with E-state index in [1.165, 1.54) is 109 Å². The zero-order valence-corrected chi connectivity index (χ0v) is 41.5. The summed E-state index contributed by atoms with van der Waals surface area (Å²) < 4.78 is 34.4. The molecule has 0 bridgehead atoms. The molecule has 0 aliphatic heterocycles. The van der Waals surface area contributed by atoms with Gasteiger partial charge in [-0.05, 0) is 77.0 Å². The summed E-state index contributed by atoms with van der Waals surface area (Å²) in [6, 6.07) is 0. The van der Waals surface area contributed by atoms with Gasteiger partial charge in [-0.25, -0.2) is 4.57 Å². The molecular formula is C52H95NO8P+. The van der Waals surface area contributed by atoms with Crippen molar-refractivity contribution in [3.05, 3.63) is 60.8 Å². The van der Waals surface area contributed by atoms with Gasteiger partial charge < -0.3 is 18.9 Å². The number of phosphoric acid groups is 1. The molecule has 0 rings (SSSR count). The highest BCUT2D eigenvalue weighted by Crippen LogP contribution is 2.43. The molecule has 0 radical (unpaired) electrons. The summed E-state index contributed by atoms with van der Waals surface area (Å²) in [6.45, 7) is 4.32. The van der Waals surface area contributed by atoms with Crippen LogP contribution in [0.25, 0.3) is 0 Å². The van der Waals surface area contributed by atoms with E-state index >= 15 is 0 Å². The Balaban J connectivity index is 4.30. The SMILES string of the molecule is CCC/C=C/C/C=C/C/C=C/C/C=C/CCCCCC(=O)O[C@H](COC(=O)CCCCCCCCCCCCC/C=C/CCCCCCCC)COP(=O)(O)OCC[N+](C)(C)C. The Morgan fingerprint density at radius 3 is 1.39 bits per heavy atom. The number of ether oxygens (including phenoxy) is 2. The largest absolute Gasteiger partial charge is 0.472 e. The lowest BCUT2D eigenvalue weighted by Crippen LogP contribution is -2.37. The predicted molar refractivity (Wildman–Crippen MR) is 261 cm³/mol. The lowest BCUT2D eigenvalue weighted by molar-refractivity contribution is -0.870. The molecule has 0 aromatic rings. The quantitative estimate of drug-likeness (QED) is 0.0212. The van der Waals surface area contributed by atoms with Crippen molar-refractivity contribution in [1.82, 2.24) is 0 Å². The minimum Gasteiger partial charge on any atom is -0.462 e. The minimum absolute atomic E-state index is 0.0232. The molecule has 0 saturated carbocycles. The van der Waals surface area contributed by atoms with Crippen molar-refractivity contribution in [2.24, 2.45) is 0 Å². The monoisotopic (exact) mass is 893 g/mol. The summed E-state index contributed by atoms with van der Waals surface area (Å²) in [5, 5.41) is 0. The highest BCUT2D eigenvalue weighted by atomic mass is 31.2. The maximum atomic E-state index is 12.7. The number of nitrogens with zero attached hydrogens (tertiary/aromatic N) is 1. The van der Waals surface area contributed by atoms with Crippen LogP contribution in [0.15, 0.2) is 60.8 Å². The molecule has 0 aromatic carbocycles. The molecule has 0 saturated heterocycles. The number of carbonyl (C=O) groups is 2. The fourth-order valence-corrected chi connectivity index (χ4v) is 7.33. The van der Waals surface area contributed by atoms with Gasteiger partial charge in [0.05, 0.1) is 27.7 Å². The van der Waals surface area contributed by atoms with Gasteiger partial charge in [0.2, 0.25) is 0 Å². The van der Waals surface area contributed by atoms with Crippen molar-refractivity contribution in [1.29, 1.82) is 0 Å². The van der Waals surface area contributed by atoms with Crippen LogP contribution in [0.2, 0.25) is 0 Å². The van der Waals surface area contributed by atoms with Gasteiger partial charge in [-0.15, -0.1) is 0 Å². The number of hydrogen-bond donors (Lipinski definition) is 1. The first-order valence-corrected chi connectivity index (χ1v) is 26.5. The number of hydrogen-bond acceptors (Lipinski definition) is 7. The van der Waals surface area contributed by atoms with Crippen molar-refractivity contribution in [2.75, 3.05) is 47.5 Å². The molecule has 0 amide bonds. The molecule has 0 aliphatic carbocycles. The average molecular weight is 893 g/mol. The van der Waals surface area contributed by atoms with Crippen LogP contribution in [-0.4, -0.2) is 74.9 Å². The number of esters is 2. The Hall–Kier alpha value is -2.29. The van der Waals surface area contributed by atoms with E-state index in [9.17, 15) is 19.0 Å². The molecular weight excluding hydrogens is 798 g/mol. The first kappa shape index (κ1) is 59.7. The molecule has 0 heterocycles. The number of allylic oxidation sites excluding steroid dienone is 10. The second-order valence-corrected chi connectivity index (χ2v) is 19.3. The second kappa shape index (κ2) is 43.9. The van der Waals surface area contributed by atoms with Crippen LogP contribution in [0.3, 0.4) is 0 Å². The highest BCUT2D eigenvalue weighted by Gasteiger charge is 2.27. The molecule has 1 unspecified atom stereocenters. The molecule has 0 fully saturated rings. The average Bonchev–Trinajstić information content (AvgIpc) is 3.23. The first-order valence-electron chi connectivity index (χ1n) is 25.0. The second-order valence-electron chi connectivity index (χ2n) is 17.8. The zero-order chi connectivity index (χ0) is 45.7. The van der Waals surface area contributed by atoms with Crippen molar-refractivity contribution in [3.8, 4) is 0 Å². The third-order valence-electron chi connectivity index (χ3n) is 10.5. The number of carbonyl (C=O) groups excluding carboxylic acids is 2. The molecule has 360 valence electrons. The van der Waals surface area contributed by atoms with Crippen molar-refractivity contribution in [3.63, 3.8) is 0 Å². The molecule has 9 nitrogen and oxygen atoms in total. The van der Waals surface area contributed by atoms with Gasteiger partial charge in [-0.2, -0.15) is 0 Å². The van der Waals surface area contributed by atoms with Crippen LogP contribution in [0.5, 0.6) is 0 Å². The van der Waals surface area contributed by atoms with E-state index < -0.39 is 26.5 Å². The predicted octanol–water partition coefficient (Wildman–Crippen LogP) is 14.8. The van der Waals surface area contributed by atoms with Crippen LogP contribution in [0.4, 0.5) is 0 Å². The normalized spacial score (nSPS) is 14.0.